The van der Waals surface area contributed by atoms with Gasteiger partial charge in [-0.3, -0.25) is 4.79 Å². The number of hydrogen-bond acceptors (Lipinski definition) is 3. The second-order valence-electron chi connectivity index (χ2n) is 8.18. The van der Waals surface area contributed by atoms with Crippen molar-refractivity contribution in [3.63, 3.8) is 0 Å². The maximum atomic E-state index is 13.1. The monoisotopic (exact) mass is 385 g/mol. The molecule has 2 aliphatic heterocycles. The molecule has 152 valence electrons. The Kier molecular flexibility index (Phi) is 6.15. The van der Waals surface area contributed by atoms with Gasteiger partial charge in [0.15, 0.2) is 0 Å². The van der Waals surface area contributed by atoms with E-state index in [1.807, 2.05) is 23.1 Å². The Labute approximate surface area is 167 Å². The Hall–Kier alpha value is -2.08. The average Bonchev–Trinajstić information content (AvgIpc) is 3.25. The molecule has 4 rings (SSSR count). The lowest BCUT2D eigenvalue weighted by molar-refractivity contribution is 0.0303. The number of anilines is 1. The molecule has 6 nitrogen and oxygen atoms in total. The van der Waals surface area contributed by atoms with Crippen LogP contribution in [0.3, 0.4) is 0 Å². The van der Waals surface area contributed by atoms with E-state index in [9.17, 15) is 9.59 Å². The van der Waals surface area contributed by atoms with Crippen LogP contribution in [0.15, 0.2) is 24.3 Å². The van der Waals surface area contributed by atoms with Gasteiger partial charge in [-0.1, -0.05) is 31.4 Å². The standard InChI is InChI=1S/C22H31N3O3/c26-21(24-13-15-28-16-14-24)18-9-4-5-10-19(18)23-22(27)25-12-6-11-20(25)17-7-2-1-3-8-17/h4-5,9-10,17,20H,1-3,6-8,11-16H2,(H,23,27). The highest BCUT2D eigenvalue weighted by Gasteiger charge is 2.35. The molecule has 0 spiro atoms. The first-order chi connectivity index (χ1) is 13.7. The fourth-order valence-electron chi connectivity index (χ4n) is 4.96. The second-order valence-corrected chi connectivity index (χ2v) is 8.18. The molecule has 1 saturated carbocycles. The van der Waals surface area contributed by atoms with Crippen molar-refractivity contribution in [3.05, 3.63) is 29.8 Å². The third-order valence-corrected chi connectivity index (χ3v) is 6.45. The van der Waals surface area contributed by atoms with Gasteiger partial charge >= 0.3 is 6.03 Å². The van der Waals surface area contributed by atoms with Gasteiger partial charge in [0.2, 0.25) is 0 Å². The van der Waals surface area contributed by atoms with E-state index in [4.69, 9.17) is 4.74 Å². The zero-order valence-corrected chi connectivity index (χ0v) is 16.6. The van der Waals surface area contributed by atoms with Crippen LogP contribution in [-0.2, 0) is 4.74 Å². The van der Waals surface area contributed by atoms with E-state index in [2.05, 4.69) is 5.32 Å². The summed E-state index contributed by atoms with van der Waals surface area (Å²) in [5.41, 5.74) is 1.17. The summed E-state index contributed by atoms with van der Waals surface area (Å²) in [6, 6.07) is 7.64. The van der Waals surface area contributed by atoms with Gasteiger partial charge in [0.25, 0.3) is 5.91 Å². The topological polar surface area (TPSA) is 61.9 Å². The van der Waals surface area contributed by atoms with E-state index >= 15 is 0 Å². The molecule has 0 bridgehead atoms. The van der Waals surface area contributed by atoms with Crippen molar-refractivity contribution >= 4 is 17.6 Å². The Morgan fingerprint density at radius 2 is 1.68 bits per heavy atom. The predicted molar refractivity (Wildman–Crippen MR) is 108 cm³/mol. The number of nitrogens with one attached hydrogen (secondary N) is 1. The van der Waals surface area contributed by atoms with Crippen LogP contribution >= 0.6 is 0 Å². The molecule has 1 unspecified atom stereocenters. The minimum atomic E-state index is -0.0599. The van der Waals surface area contributed by atoms with Crippen LogP contribution < -0.4 is 5.32 Å². The van der Waals surface area contributed by atoms with Gasteiger partial charge in [0, 0.05) is 25.7 Å². The molecule has 6 heteroatoms. The van der Waals surface area contributed by atoms with E-state index in [0.717, 1.165) is 19.4 Å². The molecule has 0 radical (unpaired) electrons. The molecule has 1 aromatic rings. The maximum absolute atomic E-state index is 13.1. The number of benzene rings is 1. The molecule has 3 amide bonds. The van der Waals surface area contributed by atoms with E-state index in [1.165, 1.54) is 32.1 Å². The molecule has 1 N–H and O–H groups in total. The van der Waals surface area contributed by atoms with Crippen LogP contribution in [0.25, 0.3) is 0 Å². The van der Waals surface area contributed by atoms with Crippen molar-refractivity contribution in [1.82, 2.24) is 9.80 Å². The van der Waals surface area contributed by atoms with Crippen LogP contribution in [0.5, 0.6) is 0 Å². The van der Waals surface area contributed by atoms with Gasteiger partial charge in [-0.2, -0.15) is 0 Å². The van der Waals surface area contributed by atoms with Gasteiger partial charge in [-0.05, 0) is 43.7 Å². The van der Waals surface area contributed by atoms with Crippen molar-refractivity contribution in [2.24, 2.45) is 5.92 Å². The quantitative estimate of drug-likeness (QED) is 0.862. The number of carbonyl (C=O) groups is 2. The van der Waals surface area contributed by atoms with E-state index in [0.29, 0.717) is 49.5 Å². The summed E-state index contributed by atoms with van der Waals surface area (Å²) in [5.74, 6) is 0.594. The molecular weight excluding hydrogens is 354 g/mol. The lowest BCUT2D eigenvalue weighted by Crippen LogP contribution is -2.44. The molecule has 2 saturated heterocycles. The summed E-state index contributed by atoms with van der Waals surface area (Å²) < 4.78 is 5.35. The number of urea groups is 1. The van der Waals surface area contributed by atoms with Gasteiger partial charge in [0.05, 0.1) is 24.5 Å². The molecular formula is C22H31N3O3. The molecule has 3 aliphatic rings. The summed E-state index contributed by atoms with van der Waals surface area (Å²) in [4.78, 5) is 29.8. The number of likely N-dealkylation sites (tertiary alicyclic amines) is 1. The summed E-state index contributed by atoms with van der Waals surface area (Å²) in [5, 5.41) is 3.05. The lowest BCUT2D eigenvalue weighted by Gasteiger charge is -2.34. The smallest absolute Gasteiger partial charge is 0.322 e. The number of nitrogens with zero attached hydrogens (tertiary/aromatic N) is 2. The molecule has 3 fully saturated rings. The average molecular weight is 386 g/mol. The van der Waals surface area contributed by atoms with Crippen molar-refractivity contribution in [2.45, 2.75) is 51.0 Å². The Morgan fingerprint density at radius 1 is 0.929 bits per heavy atom. The molecule has 0 aromatic heterocycles. The van der Waals surface area contributed by atoms with E-state index < -0.39 is 0 Å². The highest BCUT2D eigenvalue weighted by Crippen LogP contribution is 2.34. The first kappa shape index (κ1) is 19.2. The lowest BCUT2D eigenvalue weighted by atomic mass is 9.83. The third-order valence-electron chi connectivity index (χ3n) is 6.45. The number of para-hydroxylation sites is 1. The number of morpholine rings is 1. The summed E-state index contributed by atoms with van der Waals surface area (Å²) in [7, 11) is 0. The highest BCUT2D eigenvalue weighted by molar-refractivity contribution is 6.03. The van der Waals surface area contributed by atoms with Crippen LogP contribution in [0, 0.1) is 5.92 Å². The Bertz CT molecular complexity index is 696. The molecule has 2 heterocycles. The largest absolute Gasteiger partial charge is 0.378 e. The molecule has 1 atom stereocenters. The van der Waals surface area contributed by atoms with Crippen LogP contribution in [0.4, 0.5) is 10.5 Å². The first-order valence-electron chi connectivity index (χ1n) is 10.8. The van der Waals surface area contributed by atoms with Gasteiger partial charge in [0.1, 0.15) is 0 Å². The minimum absolute atomic E-state index is 0.0375. The van der Waals surface area contributed by atoms with Gasteiger partial charge in [-0.15, -0.1) is 0 Å². The van der Waals surface area contributed by atoms with Gasteiger partial charge in [-0.25, -0.2) is 4.79 Å². The maximum Gasteiger partial charge on any atom is 0.322 e. The van der Waals surface area contributed by atoms with Crippen molar-refractivity contribution in [3.8, 4) is 0 Å². The van der Waals surface area contributed by atoms with Crippen molar-refractivity contribution in [2.75, 3.05) is 38.2 Å². The van der Waals surface area contributed by atoms with Crippen molar-refractivity contribution in [1.29, 1.82) is 0 Å². The second kappa shape index (κ2) is 8.95. The fourth-order valence-corrected chi connectivity index (χ4v) is 4.96. The normalized spacial score (nSPS) is 23.6. The molecule has 28 heavy (non-hydrogen) atoms. The van der Waals surface area contributed by atoms with Crippen LogP contribution in [0.2, 0.25) is 0 Å². The predicted octanol–water partition coefficient (Wildman–Crippen LogP) is 3.74. The Morgan fingerprint density at radius 3 is 2.46 bits per heavy atom. The minimum Gasteiger partial charge on any atom is -0.378 e. The molecule has 1 aromatic carbocycles. The van der Waals surface area contributed by atoms with Crippen molar-refractivity contribution < 1.29 is 14.3 Å². The SMILES string of the molecule is O=C(c1ccccc1NC(=O)N1CCCC1C1CCCCC1)N1CCOCC1. The summed E-state index contributed by atoms with van der Waals surface area (Å²) in [6.07, 6.45) is 8.55. The summed E-state index contributed by atoms with van der Waals surface area (Å²) >= 11 is 0. The number of ether oxygens (including phenoxy) is 1. The van der Waals surface area contributed by atoms with E-state index in [1.54, 1.807) is 11.0 Å². The fraction of sp³-hybridized carbons (Fsp3) is 0.636. The number of rotatable bonds is 3. The first-order valence-corrected chi connectivity index (χ1v) is 10.8. The zero-order chi connectivity index (χ0) is 19.3. The third kappa shape index (κ3) is 4.17. The number of amides is 3. The number of hydrogen-bond donors (Lipinski definition) is 1. The van der Waals surface area contributed by atoms with Crippen LogP contribution in [0.1, 0.15) is 55.3 Å². The Balaban J connectivity index is 1.46. The van der Waals surface area contributed by atoms with Gasteiger partial charge < -0.3 is 19.9 Å². The zero-order valence-electron chi connectivity index (χ0n) is 16.6. The van der Waals surface area contributed by atoms with E-state index in [-0.39, 0.29) is 11.9 Å². The van der Waals surface area contributed by atoms with Crippen LogP contribution in [-0.4, -0.2) is 60.6 Å². The molecule has 1 aliphatic carbocycles. The number of carbonyl (C=O) groups excluding carboxylic acids is 2. The highest BCUT2D eigenvalue weighted by atomic mass is 16.5. The summed E-state index contributed by atoms with van der Waals surface area (Å²) in [6.45, 7) is 3.13.